The quantitative estimate of drug-likeness (QED) is 0.884. The number of carbonyl (C=O) groups is 1. The molecule has 2 aliphatic rings. The molecule has 1 N–H and O–H groups in total. The van der Waals surface area contributed by atoms with Gasteiger partial charge in [-0.15, -0.1) is 0 Å². The molecule has 1 amide bonds. The summed E-state index contributed by atoms with van der Waals surface area (Å²) in [6.45, 7) is 4.15. The second-order valence-corrected chi connectivity index (χ2v) is 4.95. The van der Waals surface area contributed by atoms with Crippen molar-refractivity contribution in [3.63, 3.8) is 0 Å². The largest absolute Gasteiger partial charge is 0.288 e. The standard InChI is InChI=1S/C14H17FN4O/c1-2-13(20)19-7-6-16-14(19)17-18-8-10-4-3-5-12(15)11(10)9-18/h3-5H,2,6-9H2,1H3,(H,16,17). The van der Waals surface area contributed by atoms with Gasteiger partial charge < -0.3 is 0 Å². The number of benzene rings is 1. The Labute approximate surface area is 117 Å². The molecule has 0 aliphatic carbocycles. The van der Waals surface area contributed by atoms with E-state index in [0.717, 1.165) is 5.56 Å². The fraction of sp³-hybridized carbons (Fsp3) is 0.429. The van der Waals surface area contributed by atoms with Gasteiger partial charge in [0.1, 0.15) is 5.82 Å². The van der Waals surface area contributed by atoms with E-state index >= 15 is 0 Å². The van der Waals surface area contributed by atoms with Crippen molar-refractivity contribution >= 4 is 11.9 Å². The number of nitrogens with one attached hydrogen (secondary N) is 1. The van der Waals surface area contributed by atoms with Gasteiger partial charge >= 0.3 is 0 Å². The van der Waals surface area contributed by atoms with Crippen LogP contribution in [0.3, 0.4) is 0 Å². The van der Waals surface area contributed by atoms with E-state index < -0.39 is 0 Å². The van der Waals surface area contributed by atoms with Crippen LogP contribution in [0.15, 0.2) is 23.2 Å². The first-order valence-corrected chi connectivity index (χ1v) is 6.81. The summed E-state index contributed by atoms with van der Waals surface area (Å²) >= 11 is 0. The summed E-state index contributed by atoms with van der Waals surface area (Å²) in [4.78, 5) is 17.8. The van der Waals surface area contributed by atoms with Crippen molar-refractivity contribution in [2.45, 2.75) is 26.4 Å². The number of nitrogens with zero attached hydrogens (tertiary/aromatic N) is 3. The van der Waals surface area contributed by atoms with E-state index in [1.807, 2.05) is 18.0 Å². The Balaban J connectivity index is 1.69. The highest BCUT2D eigenvalue weighted by Gasteiger charge is 2.27. The fourth-order valence-electron chi connectivity index (χ4n) is 2.58. The number of rotatable bonds is 2. The Kier molecular flexibility index (Phi) is 3.40. The monoisotopic (exact) mass is 276 g/mol. The lowest BCUT2D eigenvalue weighted by Gasteiger charge is -2.23. The van der Waals surface area contributed by atoms with Crippen LogP contribution in [0.2, 0.25) is 0 Å². The highest BCUT2D eigenvalue weighted by molar-refractivity contribution is 5.97. The molecule has 0 radical (unpaired) electrons. The number of hydrazine groups is 1. The van der Waals surface area contributed by atoms with E-state index in [-0.39, 0.29) is 11.7 Å². The van der Waals surface area contributed by atoms with Crippen LogP contribution in [0.1, 0.15) is 24.5 Å². The predicted molar refractivity (Wildman–Crippen MR) is 73.1 cm³/mol. The number of hydrogen-bond donors (Lipinski definition) is 1. The van der Waals surface area contributed by atoms with Gasteiger partial charge in [0.2, 0.25) is 11.9 Å². The number of guanidine groups is 1. The van der Waals surface area contributed by atoms with Crippen LogP contribution in [-0.4, -0.2) is 34.9 Å². The van der Waals surface area contributed by atoms with Gasteiger partial charge in [-0.25, -0.2) is 14.4 Å². The Morgan fingerprint density at radius 1 is 1.45 bits per heavy atom. The zero-order valence-electron chi connectivity index (χ0n) is 11.4. The van der Waals surface area contributed by atoms with Crippen molar-refractivity contribution in [2.24, 2.45) is 4.99 Å². The van der Waals surface area contributed by atoms with E-state index in [9.17, 15) is 9.18 Å². The Hall–Kier alpha value is -1.95. The van der Waals surface area contributed by atoms with E-state index in [0.29, 0.717) is 44.1 Å². The van der Waals surface area contributed by atoms with Gasteiger partial charge in [0.25, 0.3) is 0 Å². The van der Waals surface area contributed by atoms with E-state index in [4.69, 9.17) is 0 Å². The van der Waals surface area contributed by atoms with Crippen LogP contribution < -0.4 is 5.43 Å². The fourth-order valence-corrected chi connectivity index (χ4v) is 2.58. The van der Waals surface area contributed by atoms with Crippen molar-refractivity contribution in [3.05, 3.63) is 35.1 Å². The first kappa shape index (κ1) is 13.1. The second kappa shape index (κ2) is 5.20. The van der Waals surface area contributed by atoms with E-state index in [2.05, 4.69) is 10.4 Å². The third kappa shape index (κ3) is 2.27. The maximum atomic E-state index is 13.7. The van der Waals surface area contributed by atoms with E-state index in [1.54, 1.807) is 11.0 Å². The third-order valence-corrected chi connectivity index (χ3v) is 3.63. The minimum absolute atomic E-state index is 0.0524. The highest BCUT2D eigenvalue weighted by atomic mass is 19.1. The average Bonchev–Trinajstić information content (AvgIpc) is 3.05. The number of amides is 1. The Bertz CT molecular complexity index is 572. The van der Waals surface area contributed by atoms with Crippen molar-refractivity contribution in [1.82, 2.24) is 15.3 Å². The molecule has 3 rings (SSSR count). The molecule has 1 aromatic carbocycles. The van der Waals surface area contributed by atoms with Crippen LogP contribution in [0.25, 0.3) is 0 Å². The molecule has 0 fully saturated rings. The van der Waals surface area contributed by atoms with E-state index in [1.165, 1.54) is 6.07 Å². The molecule has 2 aliphatic heterocycles. The SMILES string of the molecule is CCC(=O)N1CCN=C1NN1Cc2cccc(F)c2C1. The van der Waals surface area contributed by atoms with Crippen molar-refractivity contribution in [1.29, 1.82) is 0 Å². The Morgan fingerprint density at radius 3 is 3.05 bits per heavy atom. The van der Waals surface area contributed by atoms with Crippen molar-refractivity contribution < 1.29 is 9.18 Å². The summed E-state index contributed by atoms with van der Waals surface area (Å²) in [5.41, 5.74) is 4.83. The molecule has 20 heavy (non-hydrogen) atoms. The molecule has 0 unspecified atom stereocenters. The first-order valence-electron chi connectivity index (χ1n) is 6.81. The van der Waals surface area contributed by atoms with Crippen LogP contribution in [0.5, 0.6) is 0 Å². The molecule has 0 atom stereocenters. The minimum atomic E-state index is -0.179. The number of halogens is 1. The predicted octanol–water partition coefficient (Wildman–Crippen LogP) is 1.25. The van der Waals surface area contributed by atoms with Gasteiger partial charge in [0.15, 0.2) is 0 Å². The molecule has 2 heterocycles. The van der Waals surface area contributed by atoms with Gasteiger partial charge in [-0.2, -0.15) is 0 Å². The molecular weight excluding hydrogens is 259 g/mol. The molecule has 6 heteroatoms. The van der Waals surface area contributed by atoms with Gasteiger partial charge in [-0.05, 0) is 11.6 Å². The molecule has 0 saturated carbocycles. The highest BCUT2D eigenvalue weighted by Crippen LogP contribution is 2.23. The molecule has 0 bridgehead atoms. The summed E-state index contributed by atoms with van der Waals surface area (Å²) in [7, 11) is 0. The molecule has 0 spiro atoms. The van der Waals surface area contributed by atoms with Gasteiger partial charge in [0.05, 0.1) is 6.54 Å². The summed E-state index contributed by atoms with van der Waals surface area (Å²) in [6.07, 6.45) is 0.454. The normalized spacial score (nSPS) is 18.1. The summed E-state index contributed by atoms with van der Waals surface area (Å²) in [5, 5.41) is 1.88. The number of aliphatic imine (C=N–C) groups is 1. The molecule has 1 aromatic rings. The molecular formula is C14H17FN4O. The van der Waals surface area contributed by atoms with Gasteiger partial charge in [-0.3, -0.25) is 15.1 Å². The zero-order valence-corrected chi connectivity index (χ0v) is 11.4. The van der Waals surface area contributed by atoms with Crippen molar-refractivity contribution in [2.75, 3.05) is 13.1 Å². The maximum Gasteiger partial charge on any atom is 0.229 e. The van der Waals surface area contributed by atoms with Crippen LogP contribution in [0, 0.1) is 5.82 Å². The van der Waals surface area contributed by atoms with Gasteiger partial charge in [-0.1, -0.05) is 19.1 Å². The molecule has 0 aromatic heterocycles. The second-order valence-electron chi connectivity index (χ2n) is 4.95. The topological polar surface area (TPSA) is 47.9 Å². The lowest BCUT2D eigenvalue weighted by molar-refractivity contribution is -0.126. The van der Waals surface area contributed by atoms with Gasteiger partial charge in [0, 0.05) is 31.6 Å². The molecule has 5 nitrogen and oxygen atoms in total. The summed E-state index contributed by atoms with van der Waals surface area (Å²) < 4.78 is 13.7. The lowest BCUT2D eigenvalue weighted by atomic mass is 10.1. The number of carbonyl (C=O) groups excluding carboxylic acids is 1. The lowest BCUT2D eigenvalue weighted by Crippen LogP contribution is -2.48. The maximum absolute atomic E-state index is 13.7. The average molecular weight is 276 g/mol. The first-order chi connectivity index (χ1) is 9.69. The number of hydrogen-bond acceptors (Lipinski definition) is 4. The minimum Gasteiger partial charge on any atom is -0.288 e. The van der Waals surface area contributed by atoms with Crippen LogP contribution in [-0.2, 0) is 17.9 Å². The molecule has 0 saturated heterocycles. The summed E-state index contributed by atoms with van der Waals surface area (Å²) in [5.74, 6) is 0.448. The van der Waals surface area contributed by atoms with Crippen molar-refractivity contribution in [3.8, 4) is 0 Å². The summed E-state index contributed by atoms with van der Waals surface area (Å²) in [6, 6.07) is 5.12. The Morgan fingerprint density at radius 2 is 2.30 bits per heavy atom. The van der Waals surface area contributed by atoms with Crippen LogP contribution >= 0.6 is 0 Å². The zero-order chi connectivity index (χ0) is 14.1. The van der Waals surface area contributed by atoms with Crippen LogP contribution in [0.4, 0.5) is 4.39 Å². The smallest absolute Gasteiger partial charge is 0.229 e. The number of fused-ring (bicyclic) bond motifs is 1. The molecule has 106 valence electrons. The third-order valence-electron chi connectivity index (χ3n) is 3.63.